The average molecular weight is 393 g/mol. The smallest absolute Gasteiger partial charge is 0.266 e. The van der Waals surface area contributed by atoms with Gasteiger partial charge in [0.2, 0.25) is 0 Å². The maximum absolute atomic E-state index is 12.4. The molecule has 3 heteroatoms. The third-order valence-corrected chi connectivity index (χ3v) is 7.48. The highest BCUT2D eigenvalue weighted by atomic mass is 19.3. The highest BCUT2D eigenvalue weighted by Crippen LogP contribution is 2.43. The number of hydrogen-bond donors (Lipinski definition) is 0. The molecule has 0 radical (unpaired) electrons. The van der Waals surface area contributed by atoms with Gasteiger partial charge in [0.25, 0.3) is 6.08 Å². The first-order valence-electron chi connectivity index (χ1n) is 11.6. The molecular weight excluding hydrogens is 354 g/mol. The molecule has 2 atom stereocenters. The van der Waals surface area contributed by atoms with Gasteiger partial charge in [-0.15, -0.1) is 6.58 Å². The molecule has 0 aromatic carbocycles. The summed E-state index contributed by atoms with van der Waals surface area (Å²) in [6.45, 7) is 4.65. The lowest BCUT2D eigenvalue weighted by atomic mass is 9.68. The van der Waals surface area contributed by atoms with Crippen LogP contribution in [0, 0.1) is 29.6 Å². The van der Waals surface area contributed by atoms with Gasteiger partial charge in [0.15, 0.2) is 0 Å². The van der Waals surface area contributed by atoms with Crippen LogP contribution < -0.4 is 0 Å². The first-order valence-corrected chi connectivity index (χ1v) is 11.6. The number of halogens is 2. The van der Waals surface area contributed by atoms with E-state index < -0.39 is 6.08 Å². The summed E-state index contributed by atoms with van der Waals surface area (Å²) in [5.41, 5.74) is 0. The highest BCUT2D eigenvalue weighted by Gasteiger charge is 2.34. The van der Waals surface area contributed by atoms with Gasteiger partial charge in [-0.25, -0.2) is 0 Å². The minimum Gasteiger partial charge on any atom is -0.377 e. The zero-order chi connectivity index (χ0) is 19.8. The Morgan fingerprint density at radius 2 is 1.39 bits per heavy atom. The van der Waals surface area contributed by atoms with Crippen molar-refractivity contribution in [2.75, 3.05) is 6.61 Å². The van der Waals surface area contributed by atoms with Crippen molar-refractivity contribution in [2.24, 2.45) is 29.6 Å². The van der Waals surface area contributed by atoms with Crippen LogP contribution in [0.3, 0.4) is 0 Å². The number of rotatable bonds is 7. The van der Waals surface area contributed by atoms with Crippen molar-refractivity contribution < 1.29 is 13.5 Å². The van der Waals surface area contributed by atoms with Crippen molar-refractivity contribution in [3.63, 3.8) is 0 Å². The summed E-state index contributed by atoms with van der Waals surface area (Å²) in [7, 11) is 0. The molecule has 28 heavy (non-hydrogen) atoms. The van der Waals surface area contributed by atoms with Crippen LogP contribution in [-0.2, 0) is 4.74 Å². The fraction of sp³-hybridized carbons (Fsp3) is 0.760. The lowest BCUT2D eigenvalue weighted by Crippen LogP contribution is -2.35. The first kappa shape index (κ1) is 21.7. The summed E-state index contributed by atoms with van der Waals surface area (Å²) in [5, 5.41) is 0. The molecule has 1 nitrogen and oxygen atoms in total. The maximum Gasteiger partial charge on any atom is 0.266 e. The Morgan fingerprint density at radius 3 is 1.96 bits per heavy atom. The Bertz CT molecular complexity index is 513. The van der Waals surface area contributed by atoms with Gasteiger partial charge in [0.1, 0.15) is 0 Å². The molecule has 0 amide bonds. The molecule has 0 aromatic heterocycles. The number of unbranched alkanes of at least 4 members (excludes halogenated alkanes) is 1. The van der Waals surface area contributed by atoms with E-state index in [0.717, 1.165) is 62.9 Å². The molecule has 2 unspecified atom stereocenters. The van der Waals surface area contributed by atoms with Gasteiger partial charge in [-0.2, -0.15) is 8.78 Å². The van der Waals surface area contributed by atoms with Crippen LogP contribution in [0.1, 0.15) is 77.0 Å². The molecule has 0 spiro atoms. The van der Waals surface area contributed by atoms with E-state index >= 15 is 0 Å². The lowest BCUT2D eigenvalue weighted by Gasteiger charge is -2.40. The van der Waals surface area contributed by atoms with E-state index in [4.69, 9.17) is 4.74 Å². The van der Waals surface area contributed by atoms with Crippen LogP contribution in [0.5, 0.6) is 0 Å². The molecule has 0 N–H and O–H groups in total. The number of hydrogen-bond acceptors (Lipinski definition) is 1. The first-order chi connectivity index (χ1) is 13.7. The van der Waals surface area contributed by atoms with Gasteiger partial charge >= 0.3 is 0 Å². The van der Waals surface area contributed by atoms with E-state index in [0.29, 0.717) is 12.0 Å². The second kappa shape index (κ2) is 11.3. The Kier molecular flexibility index (Phi) is 8.76. The summed E-state index contributed by atoms with van der Waals surface area (Å²) < 4.78 is 31.2. The van der Waals surface area contributed by atoms with Gasteiger partial charge in [-0.3, -0.25) is 0 Å². The van der Waals surface area contributed by atoms with Gasteiger partial charge < -0.3 is 4.74 Å². The molecule has 1 saturated heterocycles. The summed E-state index contributed by atoms with van der Waals surface area (Å²) in [6, 6.07) is 0. The molecule has 2 saturated carbocycles. The Morgan fingerprint density at radius 1 is 0.786 bits per heavy atom. The number of allylic oxidation sites excluding steroid dienone is 3. The Hall–Kier alpha value is -0.960. The molecule has 3 fully saturated rings. The van der Waals surface area contributed by atoms with Crippen LogP contribution >= 0.6 is 0 Å². The molecule has 0 bridgehead atoms. The number of ether oxygens (including phenoxy) is 1. The maximum atomic E-state index is 12.4. The van der Waals surface area contributed by atoms with Gasteiger partial charge in [-0.05, 0) is 107 Å². The van der Waals surface area contributed by atoms with E-state index in [2.05, 4.69) is 18.7 Å². The molecule has 3 aliphatic rings. The van der Waals surface area contributed by atoms with Crippen molar-refractivity contribution in [1.82, 2.24) is 0 Å². The van der Waals surface area contributed by atoms with E-state index in [9.17, 15) is 8.78 Å². The summed E-state index contributed by atoms with van der Waals surface area (Å²) in [4.78, 5) is 0. The second-order valence-electron chi connectivity index (χ2n) is 9.31. The standard InChI is InChI=1S/C25H38F2O/c1-2-3-4-5-6-20-9-16-24(28-18-20)23-14-12-22(13-15-23)21-10-7-19(8-11-21)17-25(26)27/h2,5-6,17,19-24H,1,3-4,7-16,18H2/b6-5+. The van der Waals surface area contributed by atoms with Crippen molar-refractivity contribution in [2.45, 2.75) is 83.2 Å². The molecular formula is C25H38F2O. The van der Waals surface area contributed by atoms with E-state index in [1.54, 1.807) is 0 Å². The molecule has 158 valence electrons. The monoisotopic (exact) mass is 392 g/mol. The normalized spacial score (nSPS) is 36.9. The van der Waals surface area contributed by atoms with Crippen molar-refractivity contribution in [3.8, 4) is 0 Å². The van der Waals surface area contributed by atoms with Crippen molar-refractivity contribution in [3.05, 3.63) is 37.0 Å². The predicted octanol–water partition coefficient (Wildman–Crippen LogP) is 7.70. The zero-order valence-corrected chi connectivity index (χ0v) is 17.3. The SMILES string of the molecule is C=CCC/C=C/C1CCC(C2CCC(C3CCC(C=C(F)F)CC3)CC2)OC1. The minimum atomic E-state index is -1.49. The molecule has 3 rings (SSSR count). The summed E-state index contributed by atoms with van der Waals surface area (Å²) >= 11 is 0. The third kappa shape index (κ3) is 6.54. The van der Waals surface area contributed by atoms with Crippen LogP contribution in [0.4, 0.5) is 8.78 Å². The van der Waals surface area contributed by atoms with Crippen LogP contribution in [0.25, 0.3) is 0 Å². The fourth-order valence-electron chi connectivity index (χ4n) is 5.77. The topological polar surface area (TPSA) is 9.23 Å². The van der Waals surface area contributed by atoms with E-state index in [-0.39, 0.29) is 5.92 Å². The van der Waals surface area contributed by atoms with E-state index in [1.165, 1.54) is 44.6 Å². The lowest BCUT2D eigenvalue weighted by molar-refractivity contribution is -0.0518. The second-order valence-corrected chi connectivity index (χ2v) is 9.31. The molecule has 1 heterocycles. The van der Waals surface area contributed by atoms with Crippen LogP contribution in [-0.4, -0.2) is 12.7 Å². The molecule has 1 aliphatic heterocycles. The predicted molar refractivity (Wildman–Crippen MR) is 112 cm³/mol. The Labute approximate surface area is 170 Å². The third-order valence-electron chi connectivity index (χ3n) is 7.48. The quantitative estimate of drug-likeness (QED) is 0.319. The van der Waals surface area contributed by atoms with E-state index in [1.807, 2.05) is 6.08 Å². The van der Waals surface area contributed by atoms with Crippen LogP contribution in [0.15, 0.2) is 37.0 Å². The summed E-state index contributed by atoms with van der Waals surface area (Å²) in [5.74, 6) is 3.04. The molecule has 0 aromatic rings. The summed E-state index contributed by atoms with van der Waals surface area (Å²) in [6.07, 6.45) is 20.8. The largest absolute Gasteiger partial charge is 0.377 e. The van der Waals surface area contributed by atoms with Gasteiger partial charge in [-0.1, -0.05) is 18.2 Å². The fourth-order valence-corrected chi connectivity index (χ4v) is 5.77. The Balaban J connectivity index is 1.34. The van der Waals surface area contributed by atoms with Crippen LogP contribution in [0.2, 0.25) is 0 Å². The highest BCUT2D eigenvalue weighted by molar-refractivity contribution is 4.94. The van der Waals surface area contributed by atoms with Gasteiger partial charge in [0.05, 0.1) is 12.7 Å². The molecule has 2 aliphatic carbocycles. The van der Waals surface area contributed by atoms with Crippen molar-refractivity contribution >= 4 is 0 Å². The zero-order valence-electron chi connectivity index (χ0n) is 17.3. The minimum absolute atomic E-state index is 0.118. The van der Waals surface area contributed by atoms with Gasteiger partial charge in [0, 0.05) is 5.92 Å². The average Bonchev–Trinajstić information content (AvgIpc) is 2.72. The van der Waals surface area contributed by atoms with Crippen molar-refractivity contribution in [1.29, 1.82) is 0 Å².